The summed E-state index contributed by atoms with van der Waals surface area (Å²) in [6.07, 6.45) is 51.5. The molecule has 0 radical (unpaired) electrons. The topological polar surface area (TPSA) is 175 Å². The second-order valence-corrected chi connectivity index (χ2v) is 18.4. The number of esters is 1. The van der Waals surface area contributed by atoms with E-state index in [1.54, 1.807) is 12.2 Å². The van der Waals surface area contributed by atoms with Crippen molar-refractivity contribution in [2.24, 2.45) is 0 Å². The third-order valence-electron chi connectivity index (χ3n) is 12.1. The summed E-state index contributed by atoms with van der Waals surface area (Å²) in [5, 5.41) is 56.5. The van der Waals surface area contributed by atoms with Crippen LogP contribution in [0.25, 0.3) is 0 Å². The fraction of sp³-hybridized carbons (Fsp3) is 0.661. The molecular formula is C59H97NO10. The van der Waals surface area contributed by atoms with E-state index in [-0.39, 0.29) is 19.4 Å². The van der Waals surface area contributed by atoms with E-state index >= 15 is 0 Å². The van der Waals surface area contributed by atoms with E-state index in [1.807, 2.05) is 72.9 Å². The van der Waals surface area contributed by atoms with E-state index in [0.29, 0.717) is 12.8 Å². The van der Waals surface area contributed by atoms with Crippen LogP contribution >= 0.6 is 0 Å². The molecule has 0 spiro atoms. The molecule has 70 heavy (non-hydrogen) atoms. The minimum Gasteiger partial charge on any atom is -0.454 e. The Morgan fingerprint density at radius 2 is 1.09 bits per heavy atom. The molecule has 1 aliphatic heterocycles. The summed E-state index contributed by atoms with van der Waals surface area (Å²) in [5.41, 5.74) is 0. The summed E-state index contributed by atoms with van der Waals surface area (Å²) < 4.78 is 17.5. The molecule has 1 aliphatic rings. The number of carbonyl (C=O) groups is 2. The van der Waals surface area contributed by atoms with Crippen LogP contribution in [0, 0.1) is 0 Å². The van der Waals surface area contributed by atoms with Crippen molar-refractivity contribution in [3.63, 3.8) is 0 Å². The van der Waals surface area contributed by atoms with Crippen LogP contribution in [-0.4, -0.2) is 99.6 Å². The smallest absolute Gasteiger partial charge is 0.306 e. The van der Waals surface area contributed by atoms with Gasteiger partial charge in [-0.1, -0.05) is 226 Å². The van der Waals surface area contributed by atoms with Gasteiger partial charge in [-0.3, -0.25) is 9.59 Å². The van der Waals surface area contributed by atoms with E-state index in [1.165, 1.54) is 83.5 Å². The number of amides is 1. The first-order valence-electron chi connectivity index (χ1n) is 27.2. The Bertz CT molecular complexity index is 1550. The fourth-order valence-electron chi connectivity index (χ4n) is 7.72. The summed E-state index contributed by atoms with van der Waals surface area (Å²) >= 11 is 0. The number of ether oxygens (including phenoxy) is 3. The van der Waals surface area contributed by atoms with Crippen LogP contribution in [-0.2, 0) is 23.8 Å². The lowest BCUT2D eigenvalue weighted by Crippen LogP contribution is -2.61. The molecule has 0 aromatic heterocycles. The number of hydrogen-bond acceptors (Lipinski definition) is 10. The SMILES string of the molecule is CC\C=C/C=C/C=C/C=C\C=C\C=C\CCCCCC(=O)OC1C(OCC(NC(=O)C(O)C/C=C/C/C=C\CCCCCCCC)C(O)/C=C/CCCCCCCCCCCC)OC(CO)C(O)C1O. The lowest BCUT2D eigenvalue weighted by molar-refractivity contribution is -0.305. The van der Waals surface area contributed by atoms with Crippen molar-refractivity contribution >= 4 is 11.9 Å². The van der Waals surface area contributed by atoms with Crippen molar-refractivity contribution in [3.8, 4) is 0 Å². The van der Waals surface area contributed by atoms with Gasteiger partial charge in [0.2, 0.25) is 5.91 Å². The number of rotatable bonds is 43. The molecular weight excluding hydrogens is 883 g/mol. The van der Waals surface area contributed by atoms with Crippen LogP contribution in [0.3, 0.4) is 0 Å². The lowest BCUT2D eigenvalue weighted by atomic mass is 9.99. The number of unbranched alkanes of at least 4 members (excludes halogenated alkanes) is 19. The summed E-state index contributed by atoms with van der Waals surface area (Å²) in [7, 11) is 0. The Labute approximate surface area is 424 Å². The molecule has 11 heteroatoms. The maximum Gasteiger partial charge on any atom is 0.306 e. The molecule has 1 amide bonds. The van der Waals surface area contributed by atoms with Gasteiger partial charge in [0, 0.05) is 12.8 Å². The molecule has 11 nitrogen and oxygen atoms in total. The van der Waals surface area contributed by atoms with Crippen molar-refractivity contribution < 1.29 is 49.3 Å². The van der Waals surface area contributed by atoms with Gasteiger partial charge in [0.25, 0.3) is 0 Å². The first-order chi connectivity index (χ1) is 34.2. The molecule has 0 saturated carbocycles. The molecule has 6 N–H and O–H groups in total. The van der Waals surface area contributed by atoms with Gasteiger partial charge in [-0.25, -0.2) is 0 Å². The van der Waals surface area contributed by atoms with Gasteiger partial charge in [0.1, 0.15) is 24.4 Å². The predicted molar refractivity (Wildman–Crippen MR) is 287 cm³/mol. The second kappa shape index (κ2) is 46.4. The van der Waals surface area contributed by atoms with Crippen molar-refractivity contribution in [2.45, 2.75) is 237 Å². The van der Waals surface area contributed by atoms with Gasteiger partial charge in [0.05, 0.1) is 25.4 Å². The highest BCUT2D eigenvalue weighted by Gasteiger charge is 2.47. The maximum absolute atomic E-state index is 13.3. The summed E-state index contributed by atoms with van der Waals surface area (Å²) in [4.78, 5) is 26.3. The van der Waals surface area contributed by atoms with Gasteiger partial charge < -0.3 is 45.1 Å². The first kappa shape index (κ1) is 64.3. The van der Waals surface area contributed by atoms with Gasteiger partial charge in [-0.15, -0.1) is 0 Å². The largest absolute Gasteiger partial charge is 0.454 e. The Morgan fingerprint density at radius 1 is 0.586 bits per heavy atom. The van der Waals surface area contributed by atoms with Crippen LogP contribution in [0.2, 0.25) is 0 Å². The number of allylic oxidation sites excluding steroid dienone is 16. The number of aliphatic hydroxyl groups excluding tert-OH is 5. The van der Waals surface area contributed by atoms with Gasteiger partial charge in [-0.05, 0) is 57.8 Å². The molecule has 1 rings (SSSR count). The van der Waals surface area contributed by atoms with Crippen LogP contribution in [0.15, 0.2) is 109 Å². The summed E-state index contributed by atoms with van der Waals surface area (Å²) in [6.45, 7) is 5.53. The average molecular weight is 980 g/mol. The van der Waals surface area contributed by atoms with E-state index < -0.39 is 67.4 Å². The van der Waals surface area contributed by atoms with E-state index in [2.05, 4.69) is 50.4 Å². The zero-order valence-electron chi connectivity index (χ0n) is 43.6. The number of nitrogens with one attached hydrogen (secondary N) is 1. The molecule has 0 aromatic rings. The van der Waals surface area contributed by atoms with Gasteiger partial charge in [-0.2, -0.15) is 0 Å². The van der Waals surface area contributed by atoms with Crippen molar-refractivity contribution in [1.29, 1.82) is 0 Å². The van der Waals surface area contributed by atoms with E-state index in [0.717, 1.165) is 57.8 Å². The molecule has 0 bridgehead atoms. The third-order valence-corrected chi connectivity index (χ3v) is 12.1. The Hall–Kier alpha value is -3.68. The normalized spacial score (nSPS) is 20.6. The molecule has 1 heterocycles. The Morgan fingerprint density at radius 3 is 1.66 bits per heavy atom. The highest BCUT2D eigenvalue weighted by molar-refractivity contribution is 5.81. The molecule has 0 aliphatic carbocycles. The molecule has 398 valence electrons. The fourth-order valence-corrected chi connectivity index (χ4v) is 7.72. The molecule has 8 atom stereocenters. The van der Waals surface area contributed by atoms with E-state index in [9.17, 15) is 35.1 Å². The molecule has 1 saturated heterocycles. The van der Waals surface area contributed by atoms with E-state index in [4.69, 9.17) is 14.2 Å². The standard InChI is InChI=1S/C59H97NO10/c1-4-7-10-13-16-19-22-25-26-27-28-29-32-35-38-41-44-47-54(64)70-57-56(66)55(65)53(48-61)69-59(57)68-49-50(51(62)45-42-39-36-33-30-23-20-17-14-11-8-5-2)60-58(67)52(63)46-43-40-37-34-31-24-21-18-15-12-9-6-3/h7,10,13,16,19,22,25-29,31-32,34,40,42-43,45,50-53,55-57,59,61-63,65-66H,4-6,8-9,11-12,14-15,17-18,20-21,23-24,30,33,35-39,41,44,46-49H2,1-3H3,(H,60,67)/b10-7-,16-13+,22-19+,26-25-,28-27+,32-29+,34-31-,43-40+,45-42+. The molecule has 8 unspecified atom stereocenters. The monoisotopic (exact) mass is 980 g/mol. The van der Waals surface area contributed by atoms with Gasteiger partial charge in [0.15, 0.2) is 12.4 Å². The summed E-state index contributed by atoms with van der Waals surface area (Å²) in [5.74, 6) is -1.32. The second-order valence-electron chi connectivity index (χ2n) is 18.4. The van der Waals surface area contributed by atoms with Crippen molar-refractivity contribution in [1.82, 2.24) is 5.32 Å². The van der Waals surface area contributed by atoms with Gasteiger partial charge >= 0.3 is 5.97 Å². The lowest BCUT2D eigenvalue weighted by Gasteiger charge is -2.41. The number of aliphatic hydroxyl groups is 5. The average Bonchev–Trinajstić information content (AvgIpc) is 3.36. The number of hydrogen-bond donors (Lipinski definition) is 6. The highest BCUT2D eigenvalue weighted by Crippen LogP contribution is 2.26. The zero-order valence-corrected chi connectivity index (χ0v) is 43.6. The Balaban J connectivity index is 2.83. The predicted octanol–water partition coefficient (Wildman–Crippen LogP) is 11.8. The first-order valence-corrected chi connectivity index (χ1v) is 27.2. The number of carbonyl (C=O) groups excluding carboxylic acids is 2. The summed E-state index contributed by atoms with van der Waals surface area (Å²) in [6, 6.07) is -1.07. The van der Waals surface area contributed by atoms with Crippen LogP contribution in [0.5, 0.6) is 0 Å². The zero-order chi connectivity index (χ0) is 51.1. The maximum atomic E-state index is 13.3. The quantitative estimate of drug-likeness (QED) is 0.0149. The minimum atomic E-state index is -1.65. The molecule has 0 aromatic carbocycles. The van der Waals surface area contributed by atoms with Crippen molar-refractivity contribution in [3.05, 3.63) is 109 Å². The minimum absolute atomic E-state index is 0.0600. The molecule has 1 fully saturated rings. The van der Waals surface area contributed by atoms with Crippen LogP contribution < -0.4 is 5.32 Å². The van der Waals surface area contributed by atoms with Crippen LogP contribution in [0.1, 0.15) is 188 Å². The highest BCUT2D eigenvalue weighted by atomic mass is 16.7. The van der Waals surface area contributed by atoms with Crippen LogP contribution in [0.4, 0.5) is 0 Å². The van der Waals surface area contributed by atoms with Crippen molar-refractivity contribution in [2.75, 3.05) is 13.2 Å². The Kier molecular flexibility index (Phi) is 42.6. The third kappa shape index (κ3) is 34.6.